The standard InChI is InChI=1S/C8H8O4S/c1-5(9)11-7-3-4-13-8(7)12-6(2)10/h3-4H,1-2H3. The lowest BCUT2D eigenvalue weighted by molar-refractivity contribution is -0.134. The van der Waals surface area contributed by atoms with Gasteiger partial charge in [-0.25, -0.2) is 0 Å². The third kappa shape index (κ3) is 2.87. The van der Waals surface area contributed by atoms with E-state index in [1.54, 1.807) is 11.4 Å². The Morgan fingerprint density at radius 2 is 1.85 bits per heavy atom. The third-order valence-corrected chi connectivity index (χ3v) is 1.86. The van der Waals surface area contributed by atoms with Crippen molar-refractivity contribution in [1.29, 1.82) is 0 Å². The highest BCUT2D eigenvalue weighted by molar-refractivity contribution is 7.12. The fourth-order valence-electron chi connectivity index (χ4n) is 0.719. The molecule has 1 aromatic rings. The van der Waals surface area contributed by atoms with E-state index in [0.717, 1.165) is 0 Å². The van der Waals surface area contributed by atoms with Gasteiger partial charge in [0.25, 0.3) is 0 Å². The van der Waals surface area contributed by atoms with Crippen LogP contribution in [0.5, 0.6) is 10.8 Å². The fourth-order valence-corrected chi connectivity index (χ4v) is 1.43. The molecule has 0 N–H and O–H groups in total. The minimum absolute atomic E-state index is 0.285. The molecule has 0 fully saturated rings. The predicted molar refractivity (Wildman–Crippen MR) is 46.9 cm³/mol. The zero-order chi connectivity index (χ0) is 9.84. The molecule has 0 aliphatic rings. The van der Waals surface area contributed by atoms with Crippen molar-refractivity contribution in [3.8, 4) is 10.8 Å². The number of ether oxygens (including phenoxy) is 2. The number of rotatable bonds is 2. The summed E-state index contributed by atoms with van der Waals surface area (Å²) in [6.07, 6.45) is 0. The van der Waals surface area contributed by atoms with E-state index in [-0.39, 0.29) is 5.75 Å². The van der Waals surface area contributed by atoms with Crippen LogP contribution < -0.4 is 9.47 Å². The van der Waals surface area contributed by atoms with Crippen molar-refractivity contribution in [3.05, 3.63) is 11.4 Å². The smallest absolute Gasteiger partial charge is 0.308 e. The molecule has 0 saturated carbocycles. The molecule has 0 unspecified atom stereocenters. The molecule has 5 heteroatoms. The first-order valence-corrected chi connectivity index (χ1v) is 4.42. The Morgan fingerprint density at radius 3 is 2.38 bits per heavy atom. The van der Waals surface area contributed by atoms with Gasteiger partial charge in [-0.1, -0.05) is 0 Å². The highest BCUT2D eigenvalue weighted by Gasteiger charge is 2.10. The van der Waals surface area contributed by atoms with Gasteiger partial charge in [0.2, 0.25) is 5.06 Å². The molecule has 0 bridgehead atoms. The maximum atomic E-state index is 10.6. The third-order valence-electron chi connectivity index (χ3n) is 1.09. The summed E-state index contributed by atoms with van der Waals surface area (Å²) in [5.41, 5.74) is 0. The van der Waals surface area contributed by atoms with Crippen molar-refractivity contribution in [3.63, 3.8) is 0 Å². The molecule has 4 nitrogen and oxygen atoms in total. The van der Waals surface area contributed by atoms with E-state index in [1.807, 2.05) is 0 Å². The second-order valence-corrected chi connectivity index (χ2v) is 3.14. The minimum Gasteiger partial charge on any atom is -0.422 e. The van der Waals surface area contributed by atoms with Gasteiger partial charge >= 0.3 is 11.9 Å². The molecule has 1 rings (SSSR count). The molecule has 13 heavy (non-hydrogen) atoms. The first-order valence-electron chi connectivity index (χ1n) is 3.54. The normalized spacial score (nSPS) is 9.38. The summed E-state index contributed by atoms with van der Waals surface area (Å²) < 4.78 is 9.57. The molecule has 0 radical (unpaired) electrons. The van der Waals surface area contributed by atoms with Crippen molar-refractivity contribution in [2.45, 2.75) is 13.8 Å². The number of carbonyl (C=O) groups is 2. The van der Waals surface area contributed by atoms with Gasteiger partial charge in [-0.2, -0.15) is 0 Å². The molecule has 0 aliphatic carbocycles. The first-order chi connectivity index (χ1) is 6.09. The van der Waals surface area contributed by atoms with Crippen LogP contribution >= 0.6 is 11.3 Å². The summed E-state index contributed by atoms with van der Waals surface area (Å²) in [5.74, 6) is -0.588. The lowest BCUT2D eigenvalue weighted by Crippen LogP contribution is -2.04. The van der Waals surface area contributed by atoms with Crippen molar-refractivity contribution in [2.75, 3.05) is 0 Å². The maximum absolute atomic E-state index is 10.6. The summed E-state index contributed by atoms with van der Waals surface area (Å²) in [4.78, 5) is 21.2. The molecule has 0 amide bonds. The topological polar surface area (TPSA) is 52.6 Å². The van der Waals surface area contributed by atoms with Gasteiger partial charge in [0.15, 0.2) is 5.75 Å². The van der Waals surface area contributed by atoms with Crippen LogP contribution in [0.15, 0.2) is 11.4 Å². The van der Waals surface area contributed by atoms with Gasteiger partial charge in [0, 0.05) is 13.8 Å². The SMILES string of the molecule is CC(=O)Oc1ccsc1OC(C)=O. The van der Waals surface area contributed by atoms with Crippen molar-refractivity contribution < 1.29 is 19.1 Å². The van der Waals surface area contributed by atoms with Gasteiger partial charge in [0.05, 0.1) is 0 Å². The average molecular weight is 200 g/mol. The van der Waals surface area contributed by atoms with Crippen LogP contribution in [0.25, 0.3) is 0 Å². The van der Waals surface area contributed by atoms with E-state index in [1.165, 1.54) is 25.2 Å². The summed E-state index contributed by atoms with van der Waals surface area (Å²) in [6.45, 7) is 2.58. The first kappa shape index (κ1) is 9.73. The molecule has 0 saturated heterocycles. The van der Waals surface area contributed by atoms with Crippen molar-refractivity contribution in [2.24, 2.45) is 0 Å². The zero-order valence-electron chi connectivity index (χ0n) is 7.20. The van der Waals surface area contributed by atoms with Gasteiger partial charge in [0.1, 0.15) is 0 Å². The second-order valence-electron chi connectivity index (χ2n) is 2.26. The number of carbonyl (C=O) groups excluding carboxylic acids is 2. The minimum atomic E-state index is -0.438. The monoisotopic (exact) mass is 200 g/mol. The highest BCUT2D eigenvalue weighted by atomic mass is 32.1. The maximum Gasteiger partial charge on any atom is 0.308 e. The summed E-state index contributed by atoms with van der Waals surface area (Å²) in [7, 11) is 0. The van der Waals surface area contributed by atoms with E-state index in [0.29, 0.717) is 5.06 Å². The lowest BCUT2D eigenvalue weighted by atomic mass is 10.5. The predicted octanol–water partition coefficient (Wildman–Crippen LogP) is 1.60. The summed E-state index contributed by atoms with van der Waals surface area (Å²) in [6, 6.07) is 1.57. The van der Waals surface area contributed by atoms with E-state index < -0.39 is 11.9 Å². The molecule has 0 aromatic carbocycles. The van der Waals surface area contributed by atoms with Crippen molar-refractivity contribution in [1.82, 2.24) is 0 Å². The zero-order valence-corrected chi connectivity index (χ0v) is 8.01. The second kappa shape index (κ2) is 4.04. The number of thiophene rings is 1. The number of hydrogen-bond acceptors (Lipinski definition) is 5. The molecule has 1 heterocycles. The molecule has 0 spiro atoms. The average Bonchev–Trinajstić information content (AvgIpc) is 2.34. The molecular formula is C8H8O4S. The van der Waals surface area contributed by atoms with Crippen LogP contribution in [0.3, 0.4) is 0 Å². The molecule has 70 valence electrons. The Bertz CT molecular complexity index is 298. The van der Waals surface area contributed by atoms with Crippen LogP contribution in [-0.2, 0) is 9.59 Å². The van der Waals surface area contributed by atoms with Crippen LogP contribution in [0, 0.1) is 0 Å². The Balaban J connectivity index is 2.76. The van der Waals surface area contributed by atoms with E-state index in [4.69, 9.17) is 9.47 Å². The van der Waals surface area contributed by atoms with Gasteiger partial charge in [-0.15, -0.1) is 11.3 Å². The van der Waals surface area contributed by atoms with Crippen LogP contribution in [0.1, 0.15) is 13.8 Å². The van der Waals surface area contributed by atoms with Crippen LogP contribution in [0.4, 0.5) is 0 Å². The Labute approximate surface area is 79.1 Å². The molecular weight excluding hydrogens is 192 g/mol. The summed E-state index contributed by atoms with van der Waals surface area (Å²) in [5, 5.41) is 1.99. The van der Waals surface area contributed by atoms with Crippen LogP contribution in [-0.4, -0.2) is 11.9 Å². The Morgan fingerprint density at radius 1 is 1.23 bits per heavy atom. The molecule has 1 aromatic heterocycles. The van der Waals surface area contributed by atoms with E-state index in [9.17, 15) is 9.59 Å². The van der Waals surface area contributed by atoms with Crippen LogP contribution in [0.2, 0.25) is 0 Å². The fraction of sp³-hybridized carbons (Fsp3) is 0.250. The summed E-state index contributed by atoms with van der Waals surface area (Å²) >= 11 is 1.20. The number of esters is 2. The largest absolute Gasteiger partial charge is 0.422 e. The molecule has 0 aliphatic heterocycles. The lowest BCUT2D eigenvalue weighted by Gasteiger charge is -2.01. The van der Waals surface area contributed by atoms with E-state index in [2.05, 4.69) is 0 Å². The highest BCUT2D eigenvalue weighted by Crippen LogP contribution is 2.33. The van der Waals surface area contributed by atoms with E-state index >= 15 is 0 Å². The Kier molecular flexibility index (Phi) is 3.02. The number of hydrogen-bond donors (Lipinski definition) is 0. The van der Waals surface area contributed by atoms with Gasteiger partial charge in [-0.3, -0.25) is 9.59 Å². The van der Waals surface area contributed by atoms with Crippen molar-refractivity contribution >= 4 is 23.3 Å². The quantitative estimate of drug-likeness (QED) is 0.680. The van der Waals surface area contributed by atoms with Gasteiger partial charge < -0.3 is 9.47 Å². The Hall–Kier alpha value is -1.36. The molecule has 0 atom stereocenters. The van der Waals surface area contributed by atoms with Gasteiger partial charge in [-0.05, 0) is 11.4 Å².